The van der Waals surface area contributed by atoms with E-state index in [1.54, 1.807) is 23.1 Å². The number of thioether (sulfide) groups is 1. The van der Waals surface area contributed by atoms with Crippen LogP contribution in [0.5, 0.6) is 0 Å². The molecule has 1 saturated carbocycles. The molecular weight excluding hydrogens is 348 g/mol. The standard InChI is InChI=1S/C19H22N4S2/c1-13-14(2)23(16-7-3-4-8-16)19(21-13)25-12-15-11-24-18(22-15)17-9-5-6-10-20-17/h5-6,9-11,16H,3-4,7-8,12H2,1-2H3. The molecule has 0 atom stereocenters. The van der Waals surface area contributed by atoms with Gasteiger partial charge in [-0.15, -0.1) is 11.3 Å². The van der Waals surface area contributed by atoms with Gasteiger partial charge in [-0.2, -0.15) is 0 Å². The van der Waals surface area contributed by atoms with Gasteiger partial charge in [0.25, 0.3) is 0 Å². The van der Waals surface area contributed by atoms with Crippen molar-refractivity contribution in [2.45, 2.75) is 56.5 Å². The smallest absolute Gasteiger partial charge is 0.169 e. The SMILES string of the molecule is Cc1nc(SCc2csc(-c3ccccn3)n2)n(C2CCCC2)c1C. The molecule has 3 aromatic rings. The van der Waals surface area contributed by atoms with Crippen LogP contribution in [-0.2, 0) is 5.75 Å². The van der Waals surface area contributed by atoms with Gasteiger partial charge in [0.1, 0.15) is 5.01 Å². The maximum atomic E-state index is 4.82. The van der Waals surface area contributed by atoms with Crippen molar-refractivity contribution >= 4 is 23.1 Å². The van der Waals surface area contributed by atoms with E-state index >= 15 is 0 Å². The molecule has 4 nitrogen and oxygen atoms in total. The predicted molar refractivity (Wildman–Crippen MR) is 104 cm³/mol. The van der Waals surface area contributed by atoms with Gasteiger partial charge in [-0.05, 0) is 38.8 Å². The minimum atomic E-state index is 0.628. The highest BCUT2D eigenvalue weighted by Gasteiger charge is 2.23. The van der Waals surface area contributed by atoms with Gasteiger partial charge in [-0.25, -0.2) is 9.97 Å². The van der Waals surface area contributed by atoms with Crippen molar-refractivity contribution in [2.24, 2.45) is 0 Å². The molecule has 130 valence electrons. The van der Waals surface area contributed by atoms with Crippen molar-refractivity contribution in [3.05, 3.63) is 46.9 Å². The average Bonchev–Trinajstić information content (AvgIpc) is 3.36. The summed E-state index contributed by atoms with van der Waals surface area (Å²) < 4.78 is 2.47. The summed E-state index contributed by atoms with van der Waals surface area (Å²) in [5, 5.41) is 4.27. The molecule has 4 rings (SSSR count). The van der Waals surface area contributed by atoms with Crippen molar-refractivity contribution in [3.63, 3.8) is 0 Å². The summed E-state index contributed by atoms with van der Waals surface area (Å²) in [4.78, 5) is 14.0. The van der Waals surface area contributed by atoms with Crippen molar-refractivity contribution in [3.8, 4) is 10.7 Å². The van der Waals surface area contributed by atoms with Crippen molar-refractivity contribution < 1.29 is 0 Å². The second kappa shape index (κ2) is 7.30. The van der Waals surface area contributed by atoms with E-state index < -0.39 is 0 Å². The third kappa shape index (κ3) is 3.51. The first-order chi connectivity index (χ1) is 12.2. The zero-order valence-corrected chi connectivity index (χ0v) is 16.2. The summed E-state index contributed by atoms with van der Waals surface area (Å²) in [7, 11) is 0. The Labute approximate surface area is 156 Å². The molecule has 1 aliphatic carbocycles. The maximum Gasteiger partial charge on any atom is 0.169 e. The molecule has 3 heterocycles. The molecule has 25 heavy (non-hydrogen) atoms. The van der Waals surface area contributed by atoms with Gasteiger partial charge < -0.3 is 4.57 Å². The van der Waals surface area contributed by atoms with Gasteiger partial charge in [0, 0.05) is 29.1 Å². The summed E-state index contributed by atoms with van der Waals surface area (Å²) in [5.41, 5.74) is 4.53. The van der Waals surface area contributed by atoms with Crippen LogP contribution in [0.25, 0.3) is 10.7 Å². The first-order valence-corrected chi connectivity index (χ1v) is 10.6. The van der Waals surface area contributed by atoms with Gasteiger partial charge in [0.05, 0.1) is 17.1 Å². The topological polar surface area (TPSA) is 43.6 Å². The highest BCUT2D eigenvalue weighted by molar-refractivity contribution is 7.98. The van der Waals surface area contributed by atoms with E-state index in [9.17, 15) is 0 Å². The fraction of sp³-hybridized carbons (Fsp3) is 0.421. The van der Waals surface area contributed by atoms with E-state index in [0.29, 0.717) is 6.04 Å². The van der Waals surface area contributed by atoms with Crippen LogP contribution >= 0.6 is 23.1 Å². The van der Waals surface area contributed by atoms with Gasteiger partial charge in [-0.1, -0.05) is 30.7 Å². The Balaban J connectivity index is 1.50. The second-order valence-corrected chi connectivity index (χ2v) is 8.32. The lowest BCUT2D eigenvalue weighted by Crippen LogP contribution is -2.08. The number of aromatic nitrogens is 4. The van der Waals surface area contributed by atoms with E-state index in [-0.39, 0.29) is 0 Å². The molecule has 6 heteroatoms. The summed E-state index contributed by atoms with van der Waals surface area (Å²) in [6.45, 7) is 4.32. The van der Waals surface area contributed by atoms with Gasteiger partial charge >= 0.3 is 0 Å². The van der Waals surface area contributed by atoms with Crippen molar-refractivity contribution in [1.82, 2.24) is 19.5 Å². The molecular formula is C19H22N4S2. The summed E-state index contributed by atoms with van der Waals surface area (Å²) >= 11 is 3.47. The monoisotopic (exact) mass is 370 g/mol. The Morgan fingerprint density at radius 1 is 1.20 bits per heavy atom. The summed E-state index contributed by atoms with van der Waals surface area (Å²) in [5.74, 6) is 0.853. The normalized spacial score (nSPS) is 15.1. The lowest BCUT2D eigenvalue weighted by Gasteiger charge is -2.16. The van der Waals surface area contributed by atoms with E-state index in [2.05, 4.69) is 28.8 Å². The zero-order valence-electron chi connectivity index (χ0n) is 14.6. The Morgan fingerprint density at radius 2 is 2.04 bits per heavy atom. The highest BCUT2D eigenvalue weighted by Crippen LogP contribution is 2.36. The summed E-state index contributed by atoms with van der Waals surface area (Å²) in [6.07, 6.45) is 7.06. The van der Waals surface area contributed by atoms with Gasteiger partial charge in [-0.3, -0.25) is 4.98 Å². The molecule has 0 N–H and O–H groups in total. The van der Waals surface area contributed by atoms with E-state index in [1.807, 2.05) is 24.4 Å². The fourth-order valence-electron chi connectivity index (χ4n) is 3.41. The molecule has 1 fully saturated rings. The zero-order chi connectivity index (χ0) is 17.2. The number of pyridine rings is 1. The van der Waals surface area contributed by atoms with Crippen LogP contribution in [0.2, 0.25) is 0 Å². The molecule has 0 aromatic carbocycles. The molecule has 0 spiro atoms. The van der Waals surface area contributed by atoms with Crippen LogP contribution in [-0.4, -0.2) is 19.5 Å². The van der Waals surface area contributed by atoms with E-state index in [4.69, 9.17) is 9.97 Å². The van der Waals surface area contributed by atoms with Crippen LogP contribution in [0.4, 0.5) is 0 Å². The number of rotatable bonds is 5. The number of hydrogen-bond acceptors (Lipinski definition) is 5. The maximum absolute atomic E-state index is 4.82. The number of nitrogens with zero attached hydrogens (tertiary/aromatic N) is 4. The van der Waals surface area contributed by atoms with Crippen molar-refractivity contribution in [1.29, 1.82) is 0 Å². The van der Waals surface area contributed by atoms with Gasteiger partial charge in [0.2, 0.25) is 0 Å². The third-order valence-corrected chi connectivity index (χ3v) is 6.73. The lowest BCUT2D eigenvalue weighted by molar-refractivity contribution is 0.471. The molecule has 0 amide bonds. The Bertz CT molecular complexity index is 848. The molecule has 0 saturated heterocycles. The first-order valence-electron chi connectivity index (χ1n) is 8.76. The number of thiazole rings is 1. The van der Waals surface area contributed by atoms with Crippen molar-refractivity contribution in [2.75, 3.05) is 0 Å². The largest absolute Gasteiger partial charge is 0.320 e. The molecule has 0 unspecified atom stereocenters. The minimum Gasteiger partial charge on any atom is -0.320 e. The molecule has 0 aliphatic heterocycles. The number of hydrogen-bond donors (Lipinski definition) is 0. The van der Waals surface area contributed by atoms with Crippen LogP contribution < -0.4 is 0 Å². The first kappa shape index (κ1) is 16.8. The quantitative estimate of drug-likeness (QED) is 0.562. The Morgan fingerprint density at radius 3 is 2.80 bits per heavy atom. The average molecular weight is 371 g/mol. The Kier molecular flexibility index (Phi) is 4.90. The molecule has 1 aliphatic rings. The predicted octanol–water partition coefficient (Wildman–Crippen LogP) is 5.43. The molecule has 0 radical (unpaired) electrons. The Hall–Kier alpha value is -1.66. The fourth-order valence-corrected chi connectivity index (χ4v) is 5.36. The second-order valence-electron chi connectivity index (χ2n) is 6.52. The third-order valence-electron chi connectivity index (χ3n) is 4.83. The van der Waals surface area contributed by atoms with Crippen LogP contribution in [0, 0.1) is 13.8 Å². The van der Waals surface area contributed by atoms with Crippen LogP contribution in [0.15, 0.2) is 34.9 Å². The minimum absolute atomic E-state index is 0.628. The number of aryl methyl sites for hydroxylation is 1. The molecule has 3 aromatic heterocycles. The summed E-state index contributed by atoms with van der Waals surface area (Å²) in [6, 6.07) is 6.57. The van der Waals surface area contributed by atoms with E-state index in [0.717, 1.165) is 33.0 Å². The van der Waals surface area contributed by atoms with Crippen LogP contribution in [0.3, 0.4) is 0 Å². The number of imidazole rings is 1. The lowest BCUT2D eigenvalue weighted by atomic mass is 10.2. The molecule has 0 bridgehead atoms. The van der Waals surface area contributed by atoms with Gasteiger partial charge in [0.15, 0.2) is 5.16 Å². The van der Waals surface area contributed by atoms with E-state index in [1.165, 1.54) is 31.4 Å². The van der Waals surface area contributed by atoms with Crippen LogP contribution in [0.1, 0.15) is 48.8 Å². The highest BCUT2D eigenvalue weighted by atomic mass is 32.2.